The first kappa shape index (κ1) is 29.4. The molecular formula is C32H24N6O6. The molecule has 0 heterocycles. The normalized spacial score (nSPS) is 27.3. The molecule has 3 aromatic carbocycles. The highest BCUT2D eigenvalue weighted by atomic mass is 16.6. The molecule has 0 radical (unpaired) electrons. The number of primary amides is 2. The van der Waals surface area contributed by atoms with Crippen molar-refractivity contribution in [3.05, 3.63) is 140 Å². The van der Waals surface area contributed by atoms with Crippen LogP contribution in [0.1, 0.15) is 34.1 Å². The molecule has 2 aliphatic carbocycles. The molecule has 0 bridgehead atoms. The van der Waals surface area contributed by atoms with Crippen molar-refractivity contribution in [3.8, 4) is 12.1 Å². The summed E-state index contributed by atoms with van der Waals surface area (Å²) in [4.78, 5) is 49.4. The zero-order valence-electron chi connectivity index (χ0n) is 22.9. The van der Waals surface area contributed by atoms with E-state index in [9.17, 15) is 40.3 Å². The molecule has 2 amide bonds. The van der Waals surface area contributed by atoms with Crippen LogP contribution >= 0.6 is 0 Å². The summed E-state index contributed by atoms with van der Waals surface area (Å²) in [6.45, 7) is 0. The van der Waals surface area contributed by atoms with E-state index < -0.39 is 56.4 Å². The number of benzene rings is 3. The Balaban J connectivity index is 1.65. The number of amides is 2. The van der Waals surface area contributed by atoms with Crippen LogP contribution in [0, 0.1) is 53.7 Å². The molecule has 3 aromatic rings. The third kappa shape index (κ3) is 4.37. The fraction of sp³-hybridized carbons (Fsp3) is 0.188. The molecule has 0 fully saturated rings. The number of hydrogen-bond acceptors (Lipinski definition) is 8. The minimum absolute atomic E-state index is 0.142. The van der Waals surface area contributed by atoms with E-state index in [1.165, 1.54) is 36.4 Å². The van der Waals surface area contributed by atoms with E-state index in [1.807, 2.05) is 12.1 Å². The molecule has 2 aliphatic rings. The maximum Gasteiger partial charge on any atom is 0.247 e. The van der Waals surface area contributed by atoms with Gasteiger partial charge in [0.15, 0.2) is 10.8 Å². The van der Waals surface area contributed by atoms with E-state index in [4.69, 9.17) is 11.5 Å². The van der Waals surface area contributed by atoms with Crippen LogP contribution in [-0.2, 0) is 9.59 Å². The smallest absolute Gasteiger partial charge is 0.247 e. The van der Waals surface area contributed by atoms with Crippen molar-refractivity contribution >= 4 is 23.0 Å². The van der Waals surface area contributed by atoms with Crippen LogP contribution in [0.25, 0.3) is 11.1 Å². The summed E-state index contributed by atoms with van der Waals surface area (Å²) < 4.78 is 0. The van der Waals surface area contributed by atoms with Crippen LogP contribution < -0.4 is 11.5 Å². The molecule has 12 heteroatoms. The number of rotatable bonds is 8. The van der Waals surface area contributed by atoms with E-state index in [2.05, 4.69) is 0 Å². The highest BCUT2D eigenvalue weighted by Gasteiger charge is 2.61. The van der Waals surface area contributed by atoms with E-state index in [-0.39, 0.29) is 22.3 Å². The van der Waals surface area contributed by atoms with Gasteiger partial charge in [-0.25, -0.2) is 0 Å². The second-order valence-electron chi connectivity index (χ2n) is 10.7. The average Bonchev–Trinajstić information content (AvgIpc) is 3.58. The van der Waals surface area contributed by atoms with Crippen molar-refractivity contribution in [2.24, 2.45) is 22.3 Å². The summed E-state index contributed by atoms with van der Waals surface area (Å²) in [6, 6.07) is 22.9. The quantitative estimate of drug-likeness (QED) is 0.293. The van der Waals surface area contributed by atoms with Gasteiger partial charge in [-0.15, -0.1) is 0 Å². The summed E-state index contributed by atoms with van der Waals surface area (Å²) >= 11 is 0. The molecule has 0 unspecified atom stereocenters. The van der Waals surface area contributed by atoms with Gasteiger partial charge in [-0.1, -0.05) is 84.9 Å². The number of hydrogen-bond donors (Lipinski definition) is 2. The number of nitrogens with zero attached hydrogens (tertiary/aromatic N) is 4. The lowest BCUT2D eigenvalue weighted by atomic mass is 9.71. The summed E-state index contributed by atoms with van der Waals surface area (Å²) in [5.74, 6) is -4.86. The molecule has 0 saturated carbocycles. The molecule has 5 rings (SSSR count). The largest absolute Gasteiger partial charge is 0.368 e. The number of carbonyl (C=O) groups excluding carboxylic acids is 2. The van der Waals surface area contributed by atoms with Gasteiger partial charge < -0.3 is 11.5 Å². The molecule has 44 heavy (non-hydrogen) atoms. The van der Waals surface area contributed by atoms with E-state index in [0.29, 0.717) is 11.1 Å². The summed E-state index contributed by atoms with van der Waals surface area (Å²) in [5, 5.41) is 45.4. The first-order chi connectivity index (χ1) is 21.0. The number of nitriles is 2. The topological polar surface area (TPSA) is 220 Å². The van der Waals surface area contributed by atoms with Gasteiger partial charge in [0.1, 0.15) is 0 Å². The molecule has 6 atom stereocenters. The third-order valence-electron chi connectivity index (χ3n) is 8.52. The Bertz CT molecular complexity index is 1690. The zero-order valence-corrected chi connectivity index (χ0v) is 22.9. The molecule has 0 aliphatic heterocycles. The standard InChI is InChI=1S/C32H24N6O6/c33-17-31(29(35)39)15-23(19-7-3-1-4-8-19)27(37(41)42)25(31)21-11-13-22(14-12-21)26-28(38(43)44)24(20-9-5-2-6-10-20)16-32(26,18-34)30(36)40/h1-16,25-28H,(H2,35,39)(H2,36,40)/t25-,26+,27+,28-,31-,32+. The van der Waals surface area contributed by atoms with Gasteiger partial charge in [0.2, 0.25) is 23.9 Å². The number of carbonyl (C=O) groups is 2. The Hall–Kier alpha value is -6.14. The van der Waals surface area contributed by atoms with Crippen LogP contribution in [0.3, 0.4) is 0 Å². The minimum Gasteiger partial charge on any atom is -0.368 e. The Labute approximate surface area is 250 Å². The van der Waals surface area contributed by atoms with Crippen molar-refractivity contribution in [2.75, 3.05) is 0 Å². The Morgan fingerprint density at radius 2 is 0.955 bits per heavy atom. The van der Waals surface area contributed by atoms with Crippen molar-refractivity contribution in [1.29, 1.82) is 10.5 Å². The summed E-state index contributed by atoms with van der Waals surface area (Å²) in [5.41, 5.74) is 8.78. The van der Waals surface area contributed by atoms with Crippen molar-refractivity contribution in [3.63, 3.8) is 0 Å². The van der Waals surface area contributed by atoms with Crippen molar-refractivity contribution < 1.29 is 19.4 Å². The van der Waals surface area contributed by atoms with E-state index in [0.717, 1.165) is 0 Å². The SMILES string of the molecule is N#C[C@@]1(C(N)=O)C=C(c2ccccc2)[C@@H]([N+](=O)[O-])[C@@H]1c1ccc([C@@H]2[C@@H]([N+](=O)[O-])C(c3ccccc3)=C[C@]2(C#N)C(N)=O)cc1. The van der Waals surface area contributed by atoms with Crippen LogP contribution in [0.4, 0.5) is 0 Å². The highest BCUT2D eigenvalue weighted by molar-refractivity contribution is 5.95. The van der Waals surface area contributed by atoms with Crippen LogP contribution in [0.2, 0.25) is 0 Å². The van der Waals surface area contributed by atoms with Crippen LogP contribution in [-0.4, -0.2) is 33.7 Å². The predicted molar refractivity (Wildman–Crippen MR) is 157 cm³/mol. The fourth-order valence-electron chi connectivity index (χ4n) is 6.50. The van der Waals surface area contributed by atoms with E-state index in [1.54, 1.807) is 60.7 Å². The lowest BCUT2D eigenvalue weighted by Gasteiger charge is -2.28. The first-order valence-corrected chi connectivity index (χ1v) is 13.4. The number of nitro groups is 2. The van der Waals surface area contributed by atoms with Gasteiger partial charge in [0.05, 0.1) is 24.0 Å². The van der Waals surface area contributed by atoms with Crippen LogP contribution in [0.5, 0.6) is 0 Å². The second-order valence-corrected chi connectivity index (χ2v) is 10.7. The summed E-state index contributed by atoms with van der Waals surface area (Å²) in [6.07, 6.45) is 2.47. The van der Waals surface area contributed by atoms with E-state index >= 15 is 0 Å². The lowest BCUT2D eigenvalue weighted by molar-refractivity contribution is -0.510. The Morgan fingerprint density at radius 3 is 1.20 bits per heavy atom. The monoisotopic (exact) mass is 588 g/mol. The van der Waals surface area contributed by atoms with Gasteiger partial charge in [-0.05, 0) is 34.4 Å². The molecule has 0 spiro atoms. The van der Waals surface area contributed by atoms with Gasteiger partial charge in [-0.3, -0.25) is 29.8 Å². The lowest BCUT2D eigenvalue weighted by Crippen LogP contribution is -2.43. The van der Waals surface area contributed by atoms with Gasteiger partial charge in [0, 0.05) is 21.0 Å². The molecule has 4 N–H and O–H groups in total. The van der Waals surface area contributed by atoms with Crippen molar-refractivity contribution in [2.45, 2.75) is 23.9 Å². The highest BCUT2D eigenvalue weighted by Crippen LogP contribution is 2.54. The Morgan fingerprint density at radius 1 is 0.636 bits per heavy atom. The maximum absolute atomic E-state index is 12.8. The fourth-order valence-corrected chi connectivity index (χ4v) is 6.50. The zero-order chi connectivity index (χ0) is 31.8. The van der Waals surface area contributed by atoms with Gasteiger partial charge in [-0.2, -0.15) is 10.5 Å². The average molecular weight is 589 g/mol. The van der Waals surface area contributed by atoms with Gasteiger partial charge >= 0.3 is 0 Å². The third-order valence-corrected chi connectivity index (χ3v) is 8.52. The summed E-state index contributed by atoms with van der Waals surface area (Å²) in [7, 11) is 0. The molecule has 0 aromatic heterocycles. The molecule has 12 nitrogen and oxygen atoms in total. The molecular weight excluding hydrogens is 564 g/mol. The second kappa shape index (κ2) is 10.9. The first-order valence-electron chi connectivity index (χ1n) is 13.4. The Kier molecular flexibility index (Phi) is 7.29. The minimum atomic E-state index is -2.09. The number of nitrogens with two attached hydrogens (primary N) is 2. The predicted octanol–water partition coefficient (Wildman–Crippen LogP) is 3.33. The molecule has 218 valence electrons. The molecule has 0 saturated heterocycles. The van der Waals surface area contributed by atoms with Gasteiger partial charge in [0.25, 0.3) is 0 Å². The van der Waals surface area contributed by atoms with Crippen molar-refractivity contribution in [1.82, 2.24) is 0 Å². The van der Waals surface area contributed by atoms with Crippen LogP contribution in [0.15, 0.2) is 97.1 Å². The maximum atomic E-state index is 12.8.